The Hall–Kier alpha value is -2.42. The molecule has 2 N–H and O–H groups in total. The highest BCUT2D eigenvalue weighted by atomic mass is 35.5. The summed E-state index contributed by atoms with van der Waals surface area (Å²) >= 11 is 6.21. The summed E-state index contributed by atoms with van der Waals surface area (Å²) < 4.78 is 27.6. The van der Waals surface area contributed by atoms with Crippen molar-refractivity contribution in [1.29, 1.82) is 0 Å². The summed E-state index contributed by atoms with van der Waals surface area (Å²) in [5.74, 6) is -0.649. The lowest BCUT2D eigenvalue weighted by Gasteiger charge is -2.26. The molecule has 1 heterocycles. The summed E-state index contributed by atoms with van der Waals surface area (Å²) in [6.45, 7) is 2.72. The van der Waals surface area contributed by atoms with E-state index in [1.54, 1.807) is 18.2 Å². The van der Waals surface area contributed by atoms with E-state index in [4.69, 9.17) is 11.6 Å². The molecule has 2 amide bonds. The second-order valence-electron chi connectivity index (χ2n) is 8.34. The first-order valence-electron chi connectivity index (χ1n) is 10.8. The molecular formula is C23H26ClN3O4S. The van der Waals surface area contributed by atoms with E-state index in [1.165, 1.54) is 22.5 Å². The second kappa shape index (κ2) is 9.21. The number of piperidine rings is 1. The largest absolute Gasteiger partial charge is 0.349 e. The first-order valence-corrected chi connectivity index (χ1v) is 12.6. The predicted molar refractivity (Wildman–Crippen MR) is 124 cm³/mol. The summed E-state index contributed by atoms with van der Waals surface area (Å²) in [4.78, 5) is 25.2. The van der Waals surface area contributed by atoms with E-state index in [-0.39, 0.29) is 27.4 Å². The van der Waals surface area contributed by atoms with Crippen LogP contribution in [0.2, 0.25) is 5.02 Å². The third-order valence-electron chi connectivity index (χ3n) is 5.79. The molecule has 0 unspecified atom stereocenters. The molecule has 1 aliphatic heterocycles. The number of nitrogens with one attached hydrogen (secondary N) is 2. The van der Waals surface area contributed by atoms with Gasteiger partial charge in [0, 0.05) is 35.9 Å². The number of hydrogen-bond donors (Lipinski definition) is 2. The number of hydrogen-bond acceptors (Lipinski definition) is 4. The van der Waals surface area contributed by atoms with Gasteiger partial charge in [-0.1, -0.05) is 24.1 Å². The summed E-state index contributed by atoms with van der Waals surface area (Å²) in [6, 6.07) is 9.59. The Balaban J connectivity index is 1.56. The molecule has 1 saturated heterocycles. The van der Waals surface area contributed by atoms with Gasteiger partial charge in [-0.3, -0.25) is 9.59 Å². The minimum atomic E-state index is -3.78. The fraction of sp³-hybridized carbons (Fsp3) is 0.391. The van der Waals surface area contributed by atoms with Crippen LogP contribution in [0.15, 0.2) is 41.3 Å². The van der Waals surface area contributed by atoms with Crippen LogP contribution >= 0.6 is 11.6 Å². The number of rotatable bonds is 6. The Morgan fingerprint density at radius 3 is 2.31 bits per heavy atom. The number of carbonyl (C=O) groups excluding carboxylic acids is 2. The van der Waals surface area contributed by atoms with E-state index in [0.29, 0.717) is 24.3 Å². The summed E-state index contributed by atoms with van der Waals surface area (Å²) in [7, 11) is -3.78. The number of aryl methyl sites for hydroxylation is 1. The number of sulfonamides is 1. The van der Waals surface area contributed by atoms with Crippen LogP contribution in [-0.2, 0) is 10.0 Å². The molecule has 2 aromatic carbocycles. The standard InChI is InChI=1S/C23H26ClN3O4S/c1-15-5-6-16(22(28)25-18-8-9-18)13-20(15)26-23(29)17-7-10-19(24)21(14-17)32(30,31)27-11-3-2-4-12-27/h5-7,10,13-14,18H,2-4,8-9,11-12H2,1H3,(H,25,28)(H,26,29). The smallest absolute Gasteiger partial charge is 0.255 e. The Kier molecular flexibility index (Phi) is 6.55. The number of amides is 2. The molecule has 9 heteroatoms. The number of carbonyl (C=O) groups is 2. The van der Waals surface area contributed by atoms with E-state index in [0.717, 1.165) is 37.7 Å². The summed E-state index contributed by atoms with van der Waals surface area (Å²) in [5, 5.41) is 5.81. The highest BCUT2D eigenvalue weighted by Crippen LogP contribution is 2.28. The molecule has 4 rings (SSSR count). The maximum atomic E-state index is 13.1. The molecule has 0 aromatic heterocycles. The Labute approximate surface area is 193 Å². The molecule has 32 heavy (non-hydrogen) atoms. The lowest BCUT2D eigenvalue weighted by molar-refractivity contribution is 0.0949. The molecule has 0 spiro atoms. The third-order valence-corrected chi connectivity index (χ3v) is 8.17. The monoisotopic (exact) mass is 475 g/mol. The Morgan fingerprint density at radius 2 is 1.62 bits per heavy atom. The van der Waals surface area contributed by atoms with Gasteiger partial charge in [0.2, 0.25) is 10.0 Å². The fourth-order valence-electron chi connectivity index (χ4n) is 3.68. The van der Waals surface area contributed by atoms with Crippen molar-refractivity contribution in [3.8, 4) is 0 Å². The average Bonchev–Trinajstić information content (AvgIpc) is 3.60. The first kappa shape index (κ1) is 22.8. The molecule has 170 valence electrons. The molecule has 7 nitrogen and oxygen atoms in total. The molecule has 1 saturated carbocycles. The van der Waals surface area contributed by atoms with Crippen molar-refractivity contribution in [3.05, 3.63) is 58.1 Å². The average molecular weight is 476 g/mol. The number of benzene rings is 2. The van der Waals surface area contributed by atoms with Gasteiger partial charge in [0.25, 0.3) is 11.8 Å². The predicted octanol–water partition coefficient (Wildman–Crippen LogP) is 3.97. The zero-order valence-electron chi connectivity index (χ0n) is 17.9. The van der Waals surface area contributed by atoms with E-state index < -0.39 is 15.9 Å². The van der Waals surface area contributed by atoms with E-state index in [2.05, 4.69) is 10.6 Å². The molecule has 1 aliphatic carbocycles. The molecule has 2 aromatic rings. The van der Waals surface area contributed by atoms with Crippen molar-refractivity contribution in [2.24, 2.45) is 0 Å². The fourth-order valence-corrected chi connectivity index (χ4v) is 5.69. The highest BCUT2D eigenvalue weighted by Gasteiger charge is 2.29. The third kappa shape index (κ3) is 4.98. The quantitative estimate of drug-likeness (QED) is 0.660. The molecule has 0 radical (unpaired) electrons. The lowest BCUT2D eigenvalue weighted by atomic mass is 10.1. The minimum Gasteiger partial charge on any atom is -0.349 e. The van der Waals surface area contributed by atoms with Crippen LogP contribution in [0.5, 0.6) is 0 Å². The maximum Gasteiger partial charge on any atom is 0.255 e. The van der Waals surface area contributed by atoms with E-state index in [1.807, 2.05) is 6.92 Å². The molecule has 0 atom stereocenters. The van der Waals surface area contributed by atoms with Gasteiger partial charge in [-0.25, -0.2) is 8.42 Å². The van der Waals surface area contributed by atoms with Crippen molar-refractivity contribution >= 4 is 39.1 Å². The van der Waals surface area contributed by atoms with Crippen LogP contribution in [0.4, 0.5) is 5.69 Å². The van der Waals surface area contributed by atoms with Crippen LogP contribution in [0.3, 0.4) is 0 Å². The SMILES string of the molecule is Cc1ccc(C(=O)NC2CC2)cc1NC(=O)c1ccc(Cl)c(S(=O)(=O)N2CCCCC2)c1. The number of anilines is 1. The van der Waals surface area contributed by atoms with Crippen LogP contribution < -0.4 is 10.6 Å². The number of nitrogens with zero attached hydrogens (tertiary/aromatic N) is 1. The molecule has 2 aliphatic rings. The van der Waals surface area contributed by atoms with E-state index in [9.17, 15) is 18.0 Å². The molecular weight excluding hydrogens is 450 g/mol. The van der Waals surface area contributed by atoms with Crippen LogP contribution in [0, 0.1) is 6.92 Å². The number of halogens is 1. The Bertz CT molecular complexity index is 1160. The van der Waals surface area contributed by atoms with Gasteiger partial charge in [-0.05, 0) is 68.5 Å². The van der Waals surface area contributed by atoms with Crippen molar-refractivity contribution in [2.45, 2.75) is 50.0 Å². The van der Waals surface area contributed by atoms with Crippen molar-refractivity contribution in [1.82, 2.24) is 9.62 Å². The lowest BCUT2D eigenvalue weighted by Crippen LogP contribution is -2.35. The summed E-state index contributed by atoms with van der Waals surface area (Å²) in [6.07, 6.45) is 4.59. The van der Waals surface area contributed by atoms with Crippen LogP contribution in [0.1, 0.15) is 58.4 Å². The normalized spacial score (nSPS) is 17.1. The van der Waals surface area contributed by atoms with Crippen LogP contribution in [0.25, 0.3) is 0 Å². The summed E-state index contributed by atoms with van der Waals surface area (Å²) in [5.41, 5.74) is 1.92. The zero-order valence-corrected chi connectivity index (χ0v) is 19.4. The van der Waals surface area contributed by atoms with Crippen molar-refractivity contribution in [2.75, 3.05) is 18.4 Å². The Morgan fingerprint density at radius 1 is 0.969 bits per heavy atom. The van der Waals surface area contributed by atoms with Gasteiger partial charge in [-0.15, -0.1) is 0 Å². The van der Waals surface area contributed by atoms with Gasteiger partial charge in [-0.2, -0.15) is 4.31 Å². The maximum absolute atomic E-state index is 13.1. The van der Waals surface area contributed by atoms with Gasteiger partial charge >= 0.3 is 0 Å². The van der Waals surface area contributed by atoms with Gasteiger partial charge in [0.1, 0.15) is 4.90 Å². The molecule has 2 fully saturated rings. The second-order valence-corrected chi connectivity index (χ2v) is 10.7. The zero-order chi connectivity index (χ0) is 22.9. The molecule has 0 bridgehead atoms. The van der Waals surface area contributed by atoms with Gasteiger partial charge in [0.05, 0.1) is 5.02 Å². The van der Waals surface area contributed by atoms with Crippen molar-refractivity contribution in [3.63, 3.8) is 0 Å². The topological polar surface area (TPSA) is 95.6 Å². The van der Waals surface area contributed by atoms with Gasteiger partial charge < -0.3 is 10.6 Å². The highest BCUT2D eigenvalue weighted by molar-refractivity contribution is 7.89. The van der Waals surface area contributed by atoms with E-state index >= 15 is 0 Å². The minimum absolute atomic E-state index is 0.0667. The van der Waals surface area contributed by atoms with Crippen molar-refractivity contribution < 1.29 is 18.0 Å². The first-order chi connectivity index (χ1) is 15.3. The van der Waals surface area contributed by atoms with Crippen LogP contribution in [-0.4, -0.2) is 43.7 Å². The van der Waals surface area contributed by atoms with Gasteiger partial charge in [0.15, 0.2) is 0 Å².